The lowest BCUT2D eigenvalue weighted by molar-refractivity contribution is -0.114. The van der Waals surface area contributed by atoms with Crippen molar-refractivity contribution in [1.29, 1.82) is 0 Å². The Labute approximate surface area is 125 Å². The fraction of sp³-hybridized carbons (Fsp3) is 0.500. The number of anilines is 1. The molecule has 5 nitrogen and oxygen atoms in total. The second-order valence-electron chi connectivity index (χ2n) is 5.95. The third kappa shape index (κ3) is 2.71. The first-order chi connectivity index (χ1) is 10.1. The van der Waals surface area contributed by atoms with E-state index < -0.39 is 0 Å². The molecule has 2 aliphatic heterocycles. The maximum absolute atomic E-state index is 12.1. The number of hydrogen-bond acceptors (Lipinski definition) is 4. The molecule has 0 unspecified atom stereocenters. The van der Waals surface area contributed by atoms with E-state index in [9.17, 15) is 9.59 Å². The maximum atomic E-state index is 12.1. The Morgan fingerprint density at radius 3 is 2.48 bits per heavy atom. The van der Waals surface area contributed by atoms with Crippen LogP contribution < -0.4 is 4.90 Å². The van der Waals surface area contributed by atoms with Gasteiger partial charge in [0.25, 0.3) is 11.7 Å². The number of carbonyl (C=O) groups is 2. The van der Waals surface area contributed by atoms with Gasteiger partial charge in [0.05, 0.1) is 11.3 Å². The largest absolute Gasteiger partial charge is 0.304 e. The molecule has 0 radical (unpaired) electrons. The molecule has 1 amide bonds. The molecule has 1 fully saturated rings. The van der Waals surface area contributed by atoms with Gasteiger partial charge in [-0.3, -0.25) is 14.5 Å². The van der Waals surface area contributed by atoms with Crippen LogP contribution in [0, 0.1) is 6.92 Å². The Bertz CT molecular complexity index is 577. The molecule has 0 aliphatic carbocycles. The number of nitrogens with zero attached hydrogens (tertiary/aromatic N) is 3. The standard InChI is InChI=1S/C16H21N3O2/c1-12-3-4-14-13(11-12)15(20)16(21)19(14)10-9-18-7-5-17(2)6-8-18/h3-4,11H,5-10H2,1-2H3. The van der Waals surface area contributed by atoms with E-state index in [0.29, 0.717) is 12.1 Å². The molecule has 1 aromatic rings. The number of Topliss-reactive ketones (excluding diaryl/α,β-unsaturated/α-hetero) is 1. The van der Waals surface area contributed by atoms with Crippen molar-refractivity contribution in [2.24, 2.45) is 0 Å². The Hall–Kier alpha value is -1.72. The average molecular weight is 287 g/mol. The van der Waals surface area contributed by atoms with Crippen LogP contribution in [0.4, 0.5) is 5.69 Å². The van der Waals surface area contributed by atoms with Gasteiger partial charge in [-0.1, -0.05) is 11.6 Å². The number of hydrogen-bond donors (Lipinski definition) is 0. The molecule has 2 heterocycles. The highest BCUT2D eigenvalue weighted by Gasteiger charge is 2.35. The van der Waals surface area contributed by atoms with Gasteiger partial charge in [-0.05, 0) is 26.1 Å². The summed E-state index contributed by atoms with van der Waals surface area (Å²) in [7, 11) is 2.12. The number of fused-ring (bicyclic) bond motifs is 1. The van der Waals surface area contributed by atoms with Gasteiger partial charge >= 0.3 is 0 Å². The minimum absolute atomic E-state index is 0.368. The summed E-state index contributed by atoms with van der Waals surface area (Å²) in [4.78, 5) is 30.5. The van der Waals surface area contributed by atoms with Crippen molar-refractivity contribution in [2.75, 3.05) is 51.2 Å². The monoisotopic (exact) mass is 287 g/mol. The number of amides is 1. The van der Waals surface area contributed by atoms with E-state index in [1.165, 1.54) is 0 Å². The molecule has 0 saturated carbocycles. The van der Waals surface area contributed by atoms with Crippen LogP contribution >= 0.6 is 0 Å². The normalized spacial score (nSPS) is 20.2. The van der Waals surface area contributed by atoms with Crippen molar-refractivity contribution < 1.29 is 9.59 Å². The van der Waals surface area contributed by atoms with Crippen molar-refractivity contribution in [3.8, 4) is 0 Å². The number of carbonyl (C=O) groups excluding carboxylic acids is 2. The number of ketones is 1. The van der Waals surface area contributed by atoms with Crippen LogP contribution in [0.2, 0.25) is 0 Å². The zero-order valence-electron chi connectivity index (χ0n) is 12.6. The Balaban J connectivity index is 1.69. The van der Waals surface area contributed by atoms with Gasteiger partial charge in [0, 0.05) is 39.3 Å². The molecule has 1 aromatic carbocycles. The average Bonchev–Trinajstić information content (AvgIpc) is 2.71. The quantitative estimate of drug-likeness (QED) is 0.770. The van der Waals surface area contributed by atoms with Crippen LogP contribution in [0.1, 0.15) is 15.9 Å². The molecule has 0 bridgehead atoms. The lowest BCUT2D eigenvalue weighted by Gasteiger charge is -2.33. The summed E-state index contributed by atoms with van der Waals surface area (Å²) in [5.41, 5.74) is 2.33. The molecular formula is C16H21N3O2. The number of benzene rings is 1. The first-order valence-corrected chi connectivity index (χ1v) is 7.44. The van der Waals surface area contributed by atoms with E-state index in [2.05, 4.69) is 16.8 Å². The van der Waals surface area contributed by atoms with E-state index in [1.54, 1.807) is 4.90 Å². The minimum atomic E-state index is -0.385. The summed E-state index contributed by atoms with van der Waals surface area (Å²) < 4.78 is 0. The van der Waals surface area contributed by atoms with Crippen LogP contribution in [0.15, 0.2) is 18.2 Å². The summed E-state index contributed by atoms with van der Waals surface area (Å²) in [5, 5.41) is 0. The molecule has 2 aliphatic rings. The molecule has 0 aromatic heterocycles. The second kappa shape index (κ2) is 5.58. The highest BCUT2D eigenvalue weighted by atomic mass is 16.2. The summed E-state index contributed by atoms with van der Waals surface area (Å²) in [6.07, 6.45) is 0. The van der Waals surface area contributed by atoms with E-state index in [0.717, 1.165) is 44.0 Å². The van der Waals surface area contributed by atoms with Gasteiger partial charge in [-0.25, -0.2) is 0 Å². The second-order valence-corrected chi connectivity index (χ2v) is 5.95. The molecule has 1 saturated heterocycles. The molecule has 0 spiro atoms. The fourth-order valence-corrected chi connectivity index (χ4v) is 2.95. The Kier molecular flexibility index (Phi) is 3.78. The van der Waals surface area contributed by atoms with Gasteiger partial charge in [-0.15, -0.1) is 0 Å². The zero-order chi connectivity index (χ0) is 15.0. The predicted octanol–water partition coefficient (Wildman–Crippen LogP) is 0.772. The first-order valence-electron chi connectivity index (χ1n) is 7.44. The van der Waals surface area contributed by atoms with Gasteiger partial charge in [-0.2, -0.15) is 0 Å². The first kappa shape index (κ1) is 14.2. The number of aryl methyl sites for hydroxylation is 1. The van der Waals surface area contributed by atoms with E-state index >= 15 is 0 Å². The van der Waals surface area contributed by atoms with Gasteiger partial charge in [0.2, 0.25) is 0 Å². The highest BCUT2D eigenvalue weighted by Crippen LogP contribution is 2.29. The van der Waals surface area contributed by atoms with Crippen LogP contribution in [0.5, 0.6) is 0 Å². The molecule has 0 atom stereocenters. The predicted molar refractivity (Wildman–Crippen MR) is 81.8 cm³/mol. The third-order valence-corrected chi connectivity index (χ3v) is 4.36. The molecular weight excluding hydrogens is 266 g/mol. The topological polar surface area (TPSA) is 43.9 Å². The van der Waals surface area contributed by atoms with Crippen molar-refractivity contribution in [3.63, 3.8) is 0 Å². The number of rotatable bonds is 3. The van der Waals surface area contributed by atoms with Crippen molar-refractivity contribution in [1.82, 2.24) is 9.80 Å². The van der Waals surface area contributed by atoms with Gasteiger partial charge in [0.1, 0.15) is 0 Å². The van der Waals surface area contributed by atoms with Gasteiger partial charge < -0.3 is 9.80 Å². The SMILES string of the molecule is Cc1ccc2c(c1)C(=O)C(=O)N2CCN1CCN(C)CC1. The smallest absolute Gasteiger partial charge is 0.299 e. The Morgan fingerprint density at radius 1 is 1.05 bits per heavy atom. The lowest BCUT2D eigenvalue weighted by Crippen LogP contribution is -2.47. The fourth-order valence-electron chi connectivity index (χ4n) is 2.95. The highest BCUT2D eigenvalue weighted by molar-refractivity contribution is 6.52. The molecule has 5 heteroatoms. The summed E-state index contributed by atoms with van der Waals surface area (Å²) in [6.45, 7) is 7.50. The van der Waals surface area contributed by atoms with Crippen LogP contribution in [0.25, 0.3) is 0 Å². The third-order valence-electron chi connectivity index (χ3n) is 4.36. The summed E-state index contributed by atoms with van der Waals surface area (Å²) in [6, 6.07) is 5.65. The van der Waals surface area contributed by atoms with Gasteiger partial charge in [0.15, 0.2) is 0 Å². The molecule has 21 heavy (non-hydrogen) atoms. The summed E-state index contributed by atoms with van der Waals surface area (Å²) in [5.74, 6) is -0.753. The zero-order valence-corrected chi connectivity index (χ0v) is 12.6. The maximum Gasteiger partial charge on any atom is 0.299 e. The lowest BCUT2D eigenvalue weighted by atomic mass is 10.1. The van der Waals surface area contributed by atoms with Crippen LogP contribution in [0.3, 0.4) is 0 Å². The molecule has 112 valence electrons. The van der Waals surface area contributed by atoms with Crippen molar-refractivity contribution in [3.05, 3.63) is 29.3 Å². The Morgan fingerprint density at radius 2 is 1.76 bits per heavy atom. The van der Waals surface area contributed by atoms with E-state index in [1.807, 2.05) is 25.1 Å². The number of piperazine rings is 1. The van der Waals surface area contributed by atoms with E-state index in [-0.39, 0.29) is 11.7 Å². The van der Waals surface area contributed by atoms with Crippen LogP contribution in [-0.4, -0.2) is 67.8 Å². The number of likely N-dealkylation sites (N-methyl/N-ethyl adjacent to an activating group) is 1. The summed E-state index contributed by atoms with van der Waals surface area (Å²) >= 11 is 0. The van der Waals surface area contributed by atoms with E-state index in [4.69, 9.17) is 0 Å². The molecule has 3 rings (SSSR count). The van der Waals surface area contributed by atoms with Crippen LogP contribution in [-0.2, 0) is 4.79 Å². The van der Waals surface area contributed by atoms with Crippen molar-refractivity contribution >= 4 is 17.4 Å². The van der Waals surface area contributed by atoms with Crippen molar-refractivity contribution in [2.45, 2.75) is 6.92 Å². The minimum Gasteiger partial charge on any atom is -0.304 e. The molecule has 0 N–H and O–H groups in total.